The topological polar surface area (TPSA) is 71.0 Å². The number of piperidine rings is 1. The maximum atomic E-state index is 12.6. The molecule has 1 N–H and O–H groups in total. The van der Waals surface area contributed by atoms with Crippen molar-refractivity contribution in [2.45, 2.75) is 45.1 Å². The minimum atomic E-state index is -0.397. The molecule has 0 aromatic carbocycles. The molecule has 3 rings (SSSR count). The molecule has 0 radical (unpaired) electrons. The van der Waals surface area contributed by atoms with Crippen LogP contribution in [-0.4, -0.2) is 38.4 Å². The fourth-order valence-corrected chi connectivity index (χ4v) is 3.49. The smallest absolute Gasteiger partial charge is 0.260 e. The molecule has 0 unspecified atom stereocenters. The van der Waals surface area contributed by atoms with E-state index in [1.807, 2.05) is 12.4 Å². The molecule has 0 saturated carbocycles. The number of aryl methyl sites for hydroxylation is 1. The van der Waals surface area contributed by atoms with Crippen LogP contribution >= 0.6 is 11.6 Å². The molecular formula is C18H23ClN4O2. The number of unbranched alkanes of at least 4 members (excludes halogenated alkanes) is 1. The zero-order chi connectivity index (χ0) is 17.8. The van der Waals surface area contributed by atoms with Gasteiger partial charge in [0.05, 0.1) is 5.02 Å². The maximum Gasteiger partial charge on any atom is 0.260 e. The van der Waals surface area contributed by atoms with E-state index in [2.05, 4.69) is 21.5 Å². The zero-order valence-electron chi connectivity index (χ0n) is 14.4. The van der Waals surface area contributed by atoms with Crippen LogP contribution in [-0.2, 0) is 6.54 Å². The lowest BCUT2D eigenvalue weighted by Crippen LogP contribution is -2.40. The van der Waals surface area contributed by atoms with E-state index in [-0.39, 0.29) is 11.5 Å². The molecule has 7 heteroatoms. The number of H-pyrrole nitrogens is 1. The van der Waals surface area contributed by atoms with Crippen LogP contribution in [0.25, 0.3) is 0 Å². The summed E-state index contributed by atoms with van der Waals surface area (Å²) in [6.07, 6.45) is 9.28. The number of likely N-dealkylation sites (tertiary alicyclic amines) is 1. The summed E-state index contributed by atoms with van der Waals surface area (Å²) in [6.45, 7) is 4.41. The molecule has 6 nitrogen and oxygen atoms in total. The van der Waals surface area contributed by atoms with Crippen LogP contribution in [0, 0.1) is 0 Å². The van der Waals surface area contributed by atoms with Crippen molar-refractivity contribution >= 4 is 17.5 Å². The van der Waals surface area contributed by atoms with E-state index in [0.29, 0.717) is 24.0 Å². The highest BCUT2D eigenvalue weighted by molar-refractivity contribution is 6.30. The van der Waals surface area contributed by atoms with E-state index in [1.165, 1.54) is 12.3 Å². The van der Waals surface area contributed by atoms with Crippen molar-refractivity contribution in [3.05, 3.63) is 51.4 Å². The van der Waals surface area contributed by atoms with Gasteiger partial charge in [-0.05, 0) is 25.3 Å². The molecule has 1 aliphatic rings. The van der Waals surface area contributed by atoms with Crippen molar-refractivity contribution in [3.63, 3.8) is 0 Å². The summed E-state index contributed by atoms with van der Waals surface area (Å²) in [4.78, 5) is 33.2. The molecular weight excluding hydrogens is 340 g/mol. The largest absolute Gasteiger partial charge is 0.338 e. The second kappa shape index (κ2) is 7.87. The third-order valence-corrected chi connectivity index (χ3v) is 4.96. The van der Waals surface area contributed by atoms with Gasteiger partial charge in [-0.25, -0.2) is 4.98 Å². The van der Waals surface area contributed by atoms with Crippen LogP contribution in [0.3, 0.4) is 0 Å². The minimum Gasteiger partial charge on any atom is -0.338 e. The van der Waals surface area contributed by atoms with Crippen LogP contribution in [0.5, 0.6) is 0 Å². The SMILES string of the molecule is CCCCn1ccnc1C1CCN(C(=O)c2cc(Cl)c[nH]c2=O)CC1. The third-order valence-electron chi connectivity index (χ3n) is 4.75. The first-order chi connectivity index (χ1) is 12.1. The van der Waals surface area contributed by atoms with Crippen molar-refractivity contribution in [3.8, 4) is 0 Å². The first-order valence-electron chi connectivity index (χ1n) is 8.78. The van der Waals surface area contributed by atoms with Crippen LogP contribution < -0.4 is 5.56 Å². The molecule has 1 amide bonds. The molecule has 0 spiro atoms. The Hall–Kier alpha value is -2.08. The minimum absolute atomic E-state index is 0.107. The molecule has 0 bridgehead atoms. The second-order valence-corrected chi connectivity index (χ2v) is 6.90. The van der Waals surface area contributed by atoms with E-state index in [0.717, 1.165) is 38.1 Å². The van der Waals surface area contributed by atoms with Crippen molar-refractivity contribution in [2.75, 3.05) is 13.1 Å². The summed E-state index contributed by atoms with van der Waals surface area (Å²) in [6, 6.07) is 1.44. The first-order valence-corrected chi connectivity index (χ1v) is 9.16. The average molecular weight is 363 g/mol. The van der Waals surface area contributed by atoms with Gasteiger partial charge in [-0.1, -0.05) is 24.9 Å². The Morgan fingerprint density at radius 3 is 2.88 bits per heavy atom. The maximum absolute atomic E-state index is 12.6. The van der Waals surface area contributed by atoms with E-state index in [4.69, 9.17) is 11.6 Å². The summed E-state index contributed by atoms with van der Waals surface area (Å²) in [7, 11) is 0. The number of aromatic amines is 1. The molecule has 2 aromatic rings. The number of pyridine rings is 1. The normalized spacial score (nSPS) is 15.5. The summed E-state index contributed by atoms with van der Waals surface area (Å²) in [5.41, 5.74) is -0.290. The van der Waals surface area contributed by atoms with Gasteiger partial charge >= 0.3 is 0 Å². The average Bonchev–Trinajstić information content (AvgIpc) is 3.10. The van der Waals surface area contributed by atoms with E-state index in [1.54, 1.807) is 4.90 Å². The van der Waals surface area contributed by atoms with E-state index in [9.17, 15) is 9.59 Å². The molecule has 1 fully saturated rings. The Bertz CT molecular complexity index is 790. The monoisotopic (exact) mass is 362 g/mol. The molecule has 0 aliphatic carbocycles. The lowest BCUT2D eigenvalue weighted by molar-refractivity contribution is 0.0708. The van der Waals surface area contributed by atoms with Gasteiger partial charge in [0.15, 0.2) is 0 Å². The predicted octanol–water partition coefficient (Wildman–Crippen LogP) is 3.04. The van der Waals surface area contributed by atoms with Gasteiger partial charge in [-0.3, -0.25) is 9.59 Å². The quantitative estimate of drug-likeness (QED) is 0.888. The third kappa shape index (κ3) is 3.95. The summed E-state index contributed by atoms with van der Waals surface area (Å²) >= 11 is 5.90. The van der Waals surface area contributed by atoms with Gasteiger partial charge in [0, 0.05) is 44.1 Å². The van der Waals surface area contributed by atoms with Crippen LogP contribution in [0.1, 0.15) is 54.7 Å². The number of amides is 1. The molecule has 134 valence electrons. The van der Waals surface area contributed by atoms with Gasteiger partial charge < -0.3 is 14.5 Å². The summed E-state index contributed by atoms with van der Waals surface area (Å²) < 4.78 is 2.23. The van der Waals surface area contributed by atoms with Crippen molar-refractivity contribution in [1.82, 2.24) is 19.4 Å². The van der Waals surface area contributed by atoms with Crippen molar-refractivity contribution in [2.24, 2.45) is 0 Å². The Kier molecular flexibility index (Phi) is 5.58. The van der Waals surface area contributed by atoms with Gasteiger partial charge in [0.1, 0.15) is 11.4 Å². The van der Waals surface area contributed by atoms with E-state index < -0.39 is 5.56 Å². The number of rotatable bonds is 5. The molecule has 1 saturated heterocycles. The number of nitrogens with one attached hydrogen (secondary N) is 1. The number of nitrogens with zero attached hydrogens (tertiary/aromatic N) is 3. The Labute approximate surface area is 151 Å². The molecule has 1 aliphatic heterocycles. The van der Waals surface area contributed by atoms with Gasteiger partial charge in [0.2, 0.25) is 0 Å². The molecule has 0 atom stereocenters. The zero-order valence-corrected chi connectivity index (χ0v) is 15.1. The number of hydrogen-bond donors (Lipinski definition) is 1. The van der Waals surface area contributed by atoms with Gasteiger partial charge in [-0.15, -0.1) is 0 Å². The number of carbonyl (C=O) groups excluding carboxylic acids is 1. The first kappa shape index (κ1) is 17.7. The predicted molar refractivity (Wildman–Crippen MR) is 97.1 cm³/mol. The lowest BCUT2D eigenvalue weighted by atomic mass is 9.95. The number of aromatic nitrogens is 3. The highest BCUT2D eigenvalue weighted by Crippen LogP contribution is 2.27. The van der Waals surface area contributed by atoms with Crippen molar-refractivity contribution < 1.29 is 4.79 Å². The fraction of sp³-hybridized carbons (Fsp3) is 0.500. The number of carbonyl (C=O) groups is 1. The Morgan fingerprint density at radius 1 is 1.40 bits per heavy atom. The van der Waals surface area contributed by atoms with Crippen LogP contribution in [0.2, 0.25) is 5.02 Å². The summed E-state index contributed by atoms with van der Waals surface area (Å²) in [5, 5.41) is 0.357. The molecule has 3 heterocycles. The highest BCUT2D eigenvalue weighted by Gasteiger charge is 2.28. The number of halogens is 1. The fourth-order valence-electron chi connectivity index (χ4n) is 3.33. The van der Waals surface area contributed by atoms with Gasteiger partial charge in [0.25, 0.3) is 11.5 Å². The Balaban J connectivity index is 1.66. The lowest BCUT2D eigenvalue weighted by Gasteiger charge is -2.31. The summed E-state index contributed by atoms with van der Waals surface area (Å²) in [5.74, 6) is 1.21. The number of imidazole rings is 1. The van der Waals surface area contributed by atoms with Crippen LogP contribution in [0.15, 0.2) is 29.5 Å². The van der Waals surface area contributed by atoms with Crippen molar-refractivity contribution in [1.29, 1.82) is 0 Å². The van der Waals surface area contributed by atoms with Crippen LogP contribution in [0.4, 0.5) is 0 Å². The number of hydrogen-bond acceptors (Lipinski definition) is 3. The van der Waals surface area contributed by atoms with Gasteiger partial charge in [-0.2, -0.15) is 0 Å². The van der Waals surface area contributed by atoms with E-state index >= 15 is 0 Å². The standard InChI is InChI=1S/C18H23ClN4O2/c1-2-3-7-22-10-6-20-16(22)13-4-8-23(9-5-13)18(25)15-11-14(19)12-21-17(15)24/h6,10-13H,2-5,7-9H2,1H3,(H,21,24). The highest BCUT2D eigenvalue weighted by atomic mass is 35.5. The Morgan fingerprint density at radius 2 is 2.16 bits per heavy atom. The second-order valence-electron chi connectivity index (χ2n) is 6.46. The molecule has 25 heavy (non-hydrogen) atoms. The molecule has 2 aromatic heterocycles.